The number of hydrogen-bond donors (Lipinski definition) is 0. The van der Waals surface area contributed by atoms with Gasteiger partial charge in [0.25, 0.3) is 0 Å². The summed E-state index contributed by atoms with van der Waals surface area (Å²) in [5.41, 5.74) is 0.796. The zero-order valence-corrected chi connectivity index (χ0v) is 9.03. The summed E-state index contributed by atoms with van der Waals surface area (Å²) in [4.78, 5) is 13.0. The van der Waals surface area contributed by atoms with Crippen LogP contribution in [0.25, 0.3) is 11.0 Å². The van der Waals surface area contributed by atoms with Crippen LogP contribution in [0.3, 0.4) is 0 Å². The lowest BCUT2D eigenvalue weighted by Crippen LogP contribution is -1.93. The summed E-state index contributed by atoms with van der Waals surface area (Å²) in [5, 5.41) is 0.990. The highest BCUT2D eigenvalue weighted by Gasteiger charge is 2.26. The third-order valence-electron chi connectivity index (χ3n) is 2.36. The molecule has 0 aromatic carbocycles. The second-order valence-electron chi connectivity index (χ2n) is 3.57. The van der Waals surface area contributed by atoms with Gasteiger partial charge in [-0.1, -0.05) is 0 Å². The molecule has 0 saturated heterocycles. The third-order valence-corrected chi connectivity index (χ3v) is 2.79. The fourth-order valence-electron chi connectivity index (χ4n) is 1.45. The van der Waals surface area contributed by atoms with E-state index in [4.69, 9.17) is 0 Å². The maximum absolute atomic E-state index is 4.44. The van der Waals surface area contributed by atoms with Gasteiger partial charge >= 0.3 is 0 Å². The van der Waals surface area contributed by atoms with Crippen molar-refractivity contribution < 1.29 is 0 Å². The topological polar surface area (TPSA) is 38.7 Å². The van der Waals surface area contributed by atoms with Gasteiger partial charge in [-0.25, -0.2) is 15.0 Å². The highest BCUT2D eigenvalue weighted by atomic mass is 79.9. The largest absolute Gasteiger partial charge is 0.240 e. The number of halogens is 1. The van der Waals surface area contributed by atoms with Crippen LogP contribution in [0.1, 0.15) is 24.6 Å². The quantitative estimate of drug-likeness (QED) is 0.780. The molecule has 2 aromatic heterocycles. The standard InChI is InChI=1S/C10H8BrN3/c11-8-3-7-4-12-9(6-1-2-6)14-10(7)13-5-8/h3-6H,1-2H2. The molecule has 1 saturated carbocycles. The van der Waals surface area contributed by atoms with Gasteiger partial charge < -0.3 is 0 Å². The van der Waals surface area contributed by atoms with E-state index in [2.05, 4.69) is 30.9 Å². The van der Waals surface area contributed by atoms with Gasteiger partial charge in [-0.05, 0) is 34.8 Å². The van der Waals surface area contributed by atoms with Crippen LogP contribution in [0.4, 0.5) is 0 Å². The molecule has 1 aliphatic rings. The van der Waals surface area contributed by atoms with Crippen LogP contribution >= 0.6 is 15.9 Å². The molecule has 1 aliphatic carbocycles. The first kappa shape index (κ1) is 8.29. The van der Waals surface area contributed by atoms with Gasteiger partial charge in [0.1, 0.15) is 5.82 Å². The minimum absolute atomic E-state index is 0.588. The molecule has 0 atom stereocenters. The summed E-state index contributed by atoms with van der Waals surface area (Å²) in [6.07, 6.45) is 6.07. The van der Waals surface area contributed by atoms with E-state index >= 15 is 0 Å². The van der Waals surface area contributed by atoms with Crippen LogP contribution < -0.4 is 0 Å². The molecule has 1 fully saturated rings. The molecule has 70 valence electrons. The molecule has 0 amide bonds. The Morgan fingerprint density at radius 3 is 2.86 bits per heavy atom. The van der Waals surface area contributed by atoms with E-state index in [9.17, 15) is 0 Å². The Bertz CT molecular complexity index is 494. The molecule has 0 bridgehead atoms. The normalized spacial score (nSPS) is 16.1. The van der Waals surface area contributed by atoms with Gasteiger partial charge in [-0.3, -0.25) is 0 Å². The molecule has 3 nitrogen and oxygen atoms in total. The van der Waals surface area contributed by atoms with E-state index in [-0.39, 0.29) is 0 Å². The lowest BCUT2D eigenvalue weighted by Gasteiger charge is -1.99. The highest BCUT2D eigenvalue weighted by Crippen LogP contribution is 2.38. The minimum Gasteiger partial charge on any atom is -0.240 e. The molecule has 2 aromatic rings. The molecule has 0 aliphatic heterocycles. The summed E-state index contributed by atoms with van der Waals surface area (Å²) in [7, 11) is 0. The maximum Gasteiger partial charge on any atom is 0.162 e. The molecule has 0 unspecified atom stereocenters. The second kappa shape index (κ2) is 2.98. The predicted octanol–water partition coefficient (Wildman–Crippen LogP) is 2.66. The first-order valence-corrected chi connectivity index (χ1v) is 5.40. The van der Waals surface area contributed by atoms with E-state index in [0.717, 1.165) is 21.3 Å². The molecular weight excluding hydrogens is 242 g/mol. The number of fused-ring (bicyclic) bond motifs is 1. The number of rotatable bonds is 1. The Hall–Kier alpha value is -1.03. The Balaban J connectivity index is 2.18. The summed E-state index contributed by atoms with van der Waals surface area (Å²) in [6, 6.07) is 1.99. The van der Waals surface area contributed by atoms with Crippen LogP contribution in [-0.2, 0) is 0 Å². The van der Waals surface area contributed by atoms with E-state index < -0.39 is 0 Å². The van der Waals surface area contributed by atoms with Crippen molar-refractivity contribution in [2.24, 2.45) is 0 Å². The van der Waals surface area contributed by atoms with E-state index in [0.29, 0.717) is 5.92 Å². The Kier molecular flexibility index (Phi) is 1.77. The van der Waals surface area contributed by atoms with E-state index in [1.165, 1.54) is 12.8 Å². The summed E-state index contributed by atoms with van der Waals surface area (Å²) in [5.74, 6) is 1.54. The van der Waals surface area contributed by atoms with Crippen molar-refractivity contribution in [1.82, 2.24) is 15.0 Å². The SMILES string of the molecule is Brc1cnc2nc(C3CC3)ncc2c1. The van der Waals surface area contributed by atoms with Gasteiger partial charge in [0, 0.05) is 28.2 Å². The second-order valence-corrected chi connectivity index (χ2v) is 4.48. The molecular formula is C10H8BrN3. The van der Waals surface area contributed by atoms with Crippen molar-refractivity contribution in [2.75, 3.05) is 0 Å². The summed E-state index contributed by atoms with van der Waals surface area (Å²) >= 11 is 3.37. The smallest absolute Gasteiger partial charge is 0.162 e. The number of aromatic nitrogens is 3. The first-order chi connectivity index (χ1) is 6.83. The monoisotopic (exact) mass is 249 g/mol. The van der Waals surface area contributed by atoms with Crippen molar-refractivity contribution >= 4 is 27.0 Å². The van der Waals surface area contributed by atoms with Crippen molar-refractivity contribution in [1.29, 1.82) is 0 Å². The van der Waals surface area contributed by atoms with Gasteiger partial charge in [-0.2, -0.15) is 0 Å². The average molecular weight is 250 g/mol. The van der Waals surface area contributed by atoms with Crippen LogP contribution in [0.5, 0.6) is 0 Å². The molecule has 0 N–H and O–H groups in total. The third kappa shape index (κ3) is 1.39. The van der Waals surface area contributed by atoms with Crippen LogP contribution in [0.2, 0.25) is 0 Å². The minimum atomic E-state index is 0.588. The Morgan fingerprint density at radius 2 is 2.07 bits per heavy atom. The zero-order chi connectivity index (χ0) is 9.54. The van der Waals surface area contributed by atoms with Crippen molar-refractivity contribution in [2.45, 2.75) is 18.8 Å². The summed E-state index contributed by atoms with van der Waals surface area (Å²) < 4.78 is 0.966. The van der Waals surface area contributed by atoms with E-state index in [1.54, 1.807) is 6.20 Å². The number of pyridine rings is 1. The first-order valence-electron chi connectivity index (χ1n) is 4.61. The molecule has 3 rings (SSSR count). The van der Waals surface area contributed by atoms with Crippen LogP contribution in [-0.4, -0.2) is 15.0 Å². The molecule has 2 heterocycles. The fraction of sp³-hybridized carbons (Fsp3) is 0.300. The van der Waals surface area contributed by atoms with Gasteiger partial charge in [0.15, 0.2) is 5.65 Å². The summed E-state index contributed by atoms with van der Waals surface area (Å²) in [6.45, 7) is 0. The fourth-order valence-corrected chi connectivity index (χ4v) is 1.80. The molecule has 4 heteroatoms. The lowest BCUT2D eigenvalue weighted by atomic mass is 10.3. The molecule has 0 spiro atoms. The van der Waals surface area contributed by atoms with Crippen molar-refractivity contribution in [3.63, 3.8) is 0 Å². The van der Waals surface area contributed by atoms with Crippen LogP contribution in [0.15, 0.2) is 22.9 Å². The van der Waals surface area contributed by atoms with Gasteiger partial charge in [0.2, 0.25) is 0 Å². The predicted molar refractivity (Wildman–Crippen MR) is 57.0 cm³/mol. The molecule has 14 heavy (non-hydrogen) atoms. The van der Waals surface area contributed by atoms with Gasteiger partial charge in [0.05, 0.1) is 0 Å². The van der Waals surface area contributed by atoms with Crippen molar-refractivity contribution in [3.05, 3.63) is 28.8 Å². The Labute approximate surface area is 89.7 Å². The molecule has 0 radical (unpaired) electrons. The maximum atomic E-state index is 4.44. The van der Waals surface area contributed by atoms with Crippen molar-refractivity contribution in [3.8, 4) is 0 Å². The number of hydrogen-bond acceptors (Lipinski definition) is 3. The zero-order valence-electron chi connectivity index (χ0n) is 7.44. The van der Waals surface area contributed by atoms with Gasteiger partial charge in [-0.15, -0.1) is 0 Å². The number of nitrogens with zero attached hydrogens (tertiary/aromatic N) is 3. The highest BCUT2D eigenvalue weighted by molar-refractivity contribution is 9.10. The van der Waals surface area contributed by atoms with Crippen LogP contribution in [0, 0.1) is 0 Å². The average Bonchev–Trinajstić information content (AvgIpc) is 3.00. The Morgan fingerprint density at radius 1 is 1.21 bits per heavy atom. The van der Waals surface area contributed by atoms with E-state index in [1.807, 2.05) is 12.3 Å². The lowest BCUT2D eigenvalue weighted by molar-refractivity contribution is 0.940.